The highest BCUT2D eigenvalue weighted by Gasteiger charge is 2.20. The first-order chi connectivity index (χ1) is 9.86. The van der Waals surface area contributed by atoms with Crippen molar-refractivity contribution in [1.29, 1.82) is 0 Å². The number of aromatic nitrogens is 2. The fourth-order valence-corrected chi connectivity index (χ4v) is 2.47. The fourth-order valence-electron chi connectivity index (χ4n) is 2.47. The standard InChI is InChI=1S/C15H19N3O2/c1-2-15(18-5-7-19-8-6-18)20-13-4-3-12-10-16-11-17-14(12)9-13/h3-4,9-11,15H,2,5-8H2,1H3. The van der Waals surface area contributed by atoms with Gasteiger partial charge in [0.2, 0.25) is 0 Å². The van der Waals surface area contributed by atoms with E-state index >= 15 is 0 Å². The van der Waals surface area contributed by atoms with Gasteiger partial charge in [0.15, 0.2) is 6.23 Å². The molecule has 3 rings (SSSR count). The van der Waals surface area contributed by atoms with Crippen LogP contribution in [-0.2, 0) is 4.74 Å². The van der Waals surface area contributed by atoms with Crippen LogP contribution in [0.3, 0.4) is 0 Å². The second-order valence-corrected chi connectivity index (χ2v) is 4.87. The Morgan fingerprint density at radius 2 is 2.20 bits per heavy atom. The van der Waals surface area contributed by atoms with Crippen LogP contribution in [-0.4, -0.2) is 47.4 Å². The lowest BCUT2D eigenvalue weighted by molar-refractivity contribution is -0.0468. The van der Waals surface area contributed by atoms with E-state index in [0.717, 1.165) is 49.4 Å². The normalized spacial score (nSPS) is 18.1. The maximum atomic E-state index is 6.12. The monoisotopic (exact) mass is 273 g/mol. The van der Waals surface area contributed by atoms with Gasteiger partial charge in [-0.05, 0) is 18.6 Å². The largest absolute Gasteiger partial charge is 0.475 e. The van der Waals surface area contributed by atoms with Crippen molar-refractivity contribution >= 4 is 10.9 Å². The van der Waals surface area contributed by atoms with Crippen LogP contribution in [0.1, 0.15) is 13.3 Å². The molecule has 5 nitrogen and oxygen atoms in total. The highest BCUT2D eigenvalue weighted by atomic mass is 16.5. The molecular formula is C15H19N3O2. The van der Waals surface area contributed by atoms with Crippen molar-refractivity contribution in [2.45, 2.75) is 19.6 Å². The summed E-state index contributed by atoms with van der Waals surface area (Å²) in [6.07, 6.45) is 4.41. The maximum absolute atomic E-state index is 6.12. The molecule has 1 aliphatic heterocycles. The van der Waals surface area contributed by atoms with E-state index in [1.807, 2.05) is 24.4 Å². The van der Waals surface area contributed by atoms with Crippen molar-refractivity contribution in [3.8, 4) is 5.75 Å². The first-order valence-corrected chi connectivity index (χ1v) is 7.05. The van der Waals surface area contributed by atoms with Gasteiger partial charge in [-0.2, -0.15) is 0 Å². The van der Waals surface area contributed by atoms with Crippen LogP contribution in [0.4, 0.5) is 0 Å². The number of benzene rings is 1. The number of ether oxygens (including phenoxy) is 2. The minimum Gasteiger partial charge on any atom is -0.475 e. The van der Waals surface area contributed by atoms with E-state index in [9.17, 15) is 0 Å². The Hall–Kier alpha value is -1.72. The molecule has 2 heterocycles. The van der Waals surface area contributed by atoms with E-state index in [1.165, 1.54) is 0 Å². The number of morpholine rings is 1. The van der Waals surface area contributed by atoms with Gasteiger partial charge >= 0.3 is 0 Å². The van der Waals surface area contributed by atoms with Gasteiger partial charge in [-0.3, -0.25) is 4.90 Å². The highest BCUT2D eigenvalue weighted by Crippen LogP contribution is 2.21. The quantitative estimate of drug-likeness (QED) is 0.853. The number of rotatable bonds is 4. The predicted octanol–water partition coefficient (Wildman–Crippen LogP) is 2.08. The van der Waals surface area contributed by atoms with Gasteiger partial charge in [-0.15, -0.1) is 0 Å². The smallest absolute Gasteiger partial charge is 0.152 e. The number of nitrogens with zero attached hydrogens (tertiary/aromatic N) is 3. The second kappa shape index (κ2) is 6.15. The molecule has 1 atom stereocenters. The van der Waals surface area contributed by atoms with Gasteiger partial charge in [0.25, 0.3) is 0 Å². The van der Waals surface area contributed by atoms with Crippen molar-refractivity contribution < 1.29 is 9.47 Å². The highest BCUT2D eigenvalue weighted by molar-refractivity contribution is 5.78. The van der Waals surface area contributed by atoms with Crippen molar-refractivity contribution in [3.05, 3.63) is 30.7 Å². The third kappa shape index (κ3) is 2.89. The molecule has 2 aromatic rings. The molecule has 0 N–H and O–H groups in total. The lowest BCUT2D eigenvalue weighted by Crippen LogP contribution is -2.46. The summed E-state index contributed by atoms with van der Waals surface area (Å²) in [7, 11) is 0. The van der Waals surface area contributed by atoms with E-state index in [4.69, 9.17) is 9.47 Å². The summed E-state index contributed by atoms with van der Waals surface area (Å²) in [5.41, 5.74) is 0.911. The van der Waals surface area contributed by atoms with E-state index in [1.54, 1.807) is 6.33 Å². The molecule has 0 amide bonds. The Balaban J connectivity index is 1.76. The number of hydrogen-bond acceptors (Lipinski definition) is 5. The average molecular weight is 273 g/mol. The molecule has 5 heteroatoms. The SMILES string of the molecule is CCC(Oc1ccc2cncnc2c1)N1CCOCC1. The molecule has 0 aliphatic carbocycles. The van der Waals surface area contributed by atoms with E-state index in [2.05, 4.69) is 21.8 Å². The van der Waals surface area contributed by atoms with Crippen LogP contribution in [0.2, 0.25) is 0 Å². The Morgan fingerprint density at radius 3 is 3.00 bits per heavy atom. The van der Waals surface area contributed by atoms with Crippen molar-refractivity contribution in [2.75, 3.05) is 26.3 Å². The van der Waals surface area contributed by atoms with Crippen molar-refractivity contribution in [3.63, 3.8) is 0 Å². The Kier molecular flexibility index (Phi) is 4.08. The summed E-state index contributed by atoms with van der Waals surface area (Å²) in [6, 6.07) is 5.95. The molecule has 1 unspecified atom stereocenters. The maximum Gasteiger partial charge on any atom is 0.152 e. The topological polar surface area (TPSA) is 47.5 Å². The summed E-state index contributed by atoms with van der Waals surface area (Å²) >= 11 is 0. The molecule has 106 valence electrons. The Bertz CT molecular complexity index is 570. The van der Waals surface area contributed by atoms with E-state index in [-0.39, 0.29) is 6.23 Å². The number of fused-ring (bicyclic) bond motifs is 1. The molecule has 1 aliphatic rings. The molecule has 1 saturated heterocycles. The fraction of sp³-hybridized carbons (Fsp3) is 0.467. The second-order valence-electron chi connectivity index (χ2n) is 4.87. The summed E-state index contributed by atoms with van der Waals surface area (Å²) in [5, 5.41) is 1.03. The zero-order chi connectivity index (χ0) is 13.8. The summed E-state index contributed by atoms with van der Waals surface area (Å²) in [5.74, 6) is 0.856. The zero-order valence-corrected chi connectivity index (χ0v) is 11.7. The first-order valence-electron chi connectivity index (χ1n) is 7.05. The van der Waals surface area contributed by atoms with Gasteiger partial charge in [-0.25, -0.2) is 9.97 Å². The molecular weight excluding hydrogens is 254 g/mol. The minimum absolute atomic E-state index is 0.0955. The van der Waals surface area contributed by atoms with Gasteiger partial charge in [0.1, 0.15) is 12.1 Å². The predicted molar refractivity (Wildman–Crippen MR) is 76.6 cm³/mol. The molecule has 0 saturated carbocycles. The molecule has 1 fully saturated rings. The lowest BCUT2D eigenvalue weighted by atomic mass is 10.2. The van der Waals surface area contributed by atoms with Crippen LogP contribution >= 0.6 is 0 Å². The van der Waals surface area contributed by atoms with Crippen LogP contribution in [0.15, 0.2) is 30.7 Å². The Labute approximate surface area is 118 Å². The summed E-state index contributed by atoms with van der Waals surface area (Å²) < 4.78 is 11.5. The van der Waals surface area contributed by atoms with Gasteiger partial charge < -0.3 is 9.47 Å². The van der Waals surface area contributed by atoms with E-state index < -0.39 is 0 Å². The van der Waals surface area contributed by atoms with Crippen molar-refractivity contribution in [1.82, 2.24) is 14.9 Å². The summed E-state index contributed by atoms with van der Waals surface area (Å²) in [6.45, 7) is 5.56. The van der Waals surface area contributed by atoms with Gasteiger partial charge in [0.05, 0.1) is 18.7 Å². The number of hydrogen-bond donors (Lipinski definition) is 0. The lowest BCUT2D eigenvalue weighted by Gasteiger charge is -2.33. The average Bonchev–Trinajstić information content (AvgIpc) is 2.53. The van der Waals surface area contributed by atoms with Crippen LogP contribution in [0, 0.1) is 0 Å². The van der Waals surface area contributed by atoms with E-state index in [0.29, 0.717) is 0 Å². The van der Waals surface area contributed by atoms with Crippen LogP contribution in [0.25, 0.3) is 10.9 Å². The molecule has 0 radical (unpaired) electrons. The van der Waals surface area contributed by atoms with Crippen LogP contribution in [0.5, 0.6) is 5.75 Å². The Morgan fingerprint density at radius 1 is 1.35 bits per heavy atom. The molecule has 20 heavy (non-hydrogen) atoms. The third-order valence-corrected chi connectivity index (χ3v) is 3.55. The molecule has 0 spiro atoms. The van der Waals surface area contributed by atoms with Crippen molar-refractivity contribution in [2.24, 2.45) is 0 Å². The minimum atomic E-state index is 0.0955. The molecule has 1 aromatic carbocycles. The summed E-state index contributed by atoms with van der Waals surface area (Å²) in [4.78, 5) is 10.6. The van der Waals surface area contributed by atoms with Gasteiger partial charge in [-0.1, -0.05) is 6.92 Å². The molecule has 0 bridgehead atoms. The molecule has 1 aromatic heterocycles. The van der Waals surface area contributed by atoms with Crippen LogP contribution < -0.4 is 4.74 Å². The zero-order valence-electron chi connectivity index (χ0n) is 11.7. The third-order valence-electron chi connectivity index (χ3n) is 3.55. The first kappa shape index (κ1) is 13.3. The van der Waals surface area contributed by atoms with Gasteiger partial charge in [0, 0.05) is 30.7 Å².